The predicted octanol–water partition coefficient (Wildman–Crippen LogP) is 1.04. The van der Waals surface area contributed by atoms with E-state index in [9.17, 15) is 14.4 Å². The summed E-state index contributed by atoms with van der Waals surface area (Å²) in [5.74, 6) is -2.89. The van der Waals surface area contributed by atoms with E-state index in [1.165, 1.54) is 36.4 Å². The molecule has 0 spiro atoms. The molecule has 0 fully saturated rings. The number of amides is 3. The minimum atomic E-state index is -1.13. The summed E-state index contributed by atoms with van der Waals surface area (Å²) in [7, 11) is 0. The first-order chi connectivity index (χ1) is 11.0. The summed E-state index contributed by atoms with van der Waals surface area (Å²) in [5, 5.41) is 13.2. The van der Waals surface area contributed by atoms with Crippen LogP contribution in [0, 0.1) is 11.3 Å². The lowest BCUT2D eigenvalue weighted by atomic mass is 10.2. The summed E-state index contributed by atoms with van der Waals surface area (Å²) in [5.41, 5.74) is 6.56. The van der Waals surface area contributed by atoms with Gasteiger partial charge in [0.05, 0.1) is 11.3 Å². The van der Waals surface area contributed by atoms with Gasteiger partial charge in [-0.15, -0.1) is 0 Å². The fourth-order valence-corrected chi connectivity index (χ4v) is 1.74. The number of nitriles is 1. The van der Waals surface area contributed by atoms with Crippen LogP contribution in [0.5, 0.6) is 0 Å². The highest BCUT2D eigenvalue weighted by atomic mass is 16.2. The lowest BCUT2D eigenvalue weighted by Gasteiger charge is -2.07. The van der Waals surface area contributed by atoms with Gasteiger partial charge >= 0.3 is 11.8 Å². The summed E-state index contributed by atoms with van der Waals surface area (Å²) in [6.07, 6.45) is 0. The number of nitrogens with zero attached hydrogens (tertiary/aromatic N) is 1. The molecule has 2 rings (SSSR count). The van der Waals surface area contributed by atoms with Gasteiger partial charge in [0.1, 0.15) is 6.07 Å². The van der Waals surface area contributed by atoms with Crippen LogP contribution in [0.3, 0.4) is 0 Å². The number of hydrogen-bond acceptors (Lipinski definition) is 5. The lowest BCUT2D eigenvalue weighted by Crippen LogP contribution is -2.39. The highest BCUT2D eigenvalue weighted by molar-refractivity contribution is 6.42. The van der Waals surface area contributed by atoms with Crippen LogP contribution in [-0.4, -0.2) is 17.7 Å². The monoisotopic (exact) mass is 308 g/mol. The molecular formula is C16H12N4O3. The zero-order valence-electron chi connectivity index (χ0n) is 11.9. The summed E-state index contributed by atoms with van der Waals surface area (Å²) < 4.78 is 0. The van der Waals surface area contributed by atoms with Crippen molar-refractivity contribution in [3.63, 3.8) is 0 Å². The van der Waals surface area contributed by atoms with E-state index < -0.39 is 17.7 Å². The largest absolute Gasteiger partial charge is 0.399 e. The van der Waals surface area contributed by atoms with Crippen molar-refractivity contribution >= 4 is 29.1 Å². The van der Waals surface area contributed by atoms with Crippen molar-refractivity contribution in [2.75, 3.05) is 11.1 Å². The van der Waals surface area contributed by atoms with E-state index in [1.54, 1.807) is 12.1 Å². The molecule has 0 bridgehead atoms. The maximum absolute atomic E-state index is 11.8. The number of carbonyl (C=O) groups excluding carboxylic acids is 3. The molecular weight excluding hydrogens is 296 g/mol. The maximum atomic E-state index is 11.8. The number of imide groups is 1. The smallest absolute Gasteiger partial charge is 0.316 e. The Kier molecular flexibility index (Phi) is 4.69. The zero-order chi connectivity index (χ0) is 16.8. The van der Waals surface area contributed by atoms with E-state index in [-0.39, 0.29) is 16.8 Å². The second-order valence-electron chi connectivity index (χ2n) is 4.52. The number of hydrogen-bond donors (Lipinski definition) is 3. The standard InChI is InChI=1S/C16H12N4O3/c17-9-11-3-1-2-4-13(11)19-15(22)16(23)20-14(21)10-5-7-12(18)8-6-10/h1-8H,18H2,(H,19,22)(H,20,21,23). The van der Waals surface area contributed by atoms with Gasteiger partial charge in [0.15, 0.2) is 0 Å². The lowest BCUT2D eigenvalue weighted by molar-refractivity contribution is -0.135. The first-order valence-corrected chi connectivity index (χ1v) is 6.52. The fraction of sp³-hybridized carbons (Fsp3) is 0. The van der Waals surface area contributed by atoms with Crippen molar-refractivity contribution < 1.29 is 14.4 Å². The Labute approximate surface area is 131 Å². The van der Waals surface area contributed by atoms with Crippen LogP contribution < -0.4 is 16.4 Å². The second-order valence-corrected chi connectivity index (χ2v) is 4.52. The van der Waals surface area contributed by atoms with E-state index in [1.807, 2.05) is 11.4 Å². The molecule has 0 atom stereocenters. The molecule has 0 aromatic heterocycles. The third-order valence-corrected chi connectivity index (χ3v) is 2.90. The van der Waals surface area contributed by atoms with E-state index >= 15 is 0 Å². The van der Waals surface area contributed by atoms with E-state index in [0.29, 0.717) is 5.69 Å². The first-order valence-electron chi connectivity index (χ1n) is 6.52. The van der Waals surface area contributed by atoms with Crippen molar-refractivity contribution in [3.05, 3.63) is 59.7 Å². The number of nitrogens with two attached hydrogens (primary N) is 1. The Morgan fingerprint density at radius 2 is 1.61 bits per heavy atom. The molecule has 3 amide bonds. The predicted molar refractivity (Wildman–Crippen MR) is 83.1 cm³/mol. The summed E-state index contributed by atoms with van der Waals surface area (Å²) in [4.78, 5) is 35.4. The number of anilines is 2. The average molecular weight is 308 g/mol. The molecule has 4 N–H and O–H groups in total. The zero-order valence-corrected chi connectivity index (χ0v) is 11.9. The number of carbonyl (C=O) groups is 3. The molecule has 114 valence electrons. The summed E-state index contributed by atoms with van der Waals surface area (Å²) in [6, 6.07) is 14.0. The van der Waals surface area contributed by atoms with Gasteiger partial charge in [-0.1, -0.05) is 12.1 Å². The first kappa shape index (κ1) is 15.7. The van der Waals surface area contributed by atoms with Gasteiger partial charge in [0.2, 0.25) is 0 Å². The van der Waals surface area contributed by atoms with Crippen LogP contribution in [-0.2, 0) is 9.59 Å². The van der Waals surface area contributed by atoms with Gasteiger partial charge in [-0.05, 0) is 36.4 Å². The number of nitrogen functional groups attached to an aromatic ring is 1. The number of benzene rings is 2. The minimum Gasteiger partial charge on any atom is -0.399 e. The normalized spacial score (nSPS) is 9.52. The van der Waals surface area contributed by atoms with Crippen molar-refractivity contribution in [2.24, 2.45) is 0 Å². The molecule has 0 saturated carbocycles. The van der Waals surface area contributed by atoms with E-state index in [0.717, 1.165) is 0 Å². The third-order valence-electron chi connectivity index (χ3n) is 2.90. The van der Waals surface area contributed by atoms with Gasteiger partial charge in [-0.25, -0.2) is 0 Å². The van der Waals surface area contributed by atoms with Gasteiger partial charge in [0.25, 0.3) is 5.91 Å². The topological polar surface area (TPSA) is 125 Å². The third kappa shape index (κ3) is 3.92. The average Bonchev–Trinajstić information content (AvgIpc) is 2.55. The number of nitrogens with one attached hydrogen (secondary N) is 2. The van der Waals surface area contributed by atoms with Gasteiger partial charge in [0, 0.05) is 11.3 Å². The molecule has 0 heterocycles. The highest BCUT2D eigenvalue weighted by Gasteiger charge is 2.18. The Balaban J connectivity index is 2.03. The molecule has 0 unspecified atom stereocenters. The van der Waals surface area contributed by atoms with Gasteiger partial charge < -0.3 is 11.1 Å². The second kappa shape index (κ2) is 6.87. The maximum Gasteiger partial charge on any atom is 0.316 e. The molecule has 2 aromatic carbocycles. The number of para-hydroxylation sites is 1. The van der Waals surface area contributed by atoms with Crippen LogP contribution in [0.2, 0.25) is 0 Å². The SMILES string of the molecule is N#Cc1ccccc1NC(=O)C(=O)NC(=O)c1ccc(N)cc1. The quantitative estimate of drug-likeness (QED) is 0.564. The van der Waals surface area contributed by atoms with Crippen LogP contribution in [0.15, 0.2) is 48.5 Å². The van der Waals surface area contributed by atoms with E-state index in [2.05, 4.69) is 5.32 Å². The highest BCUT2D eigenvalue weighted by Crippen LogP contribution is 2.13. The molecule has 0 aliphatic heterocycles. The van der Waals surface area contributed by atoms with E-state index in [4.69, 9.17) is 11.0 Å². The van der Waals surface area contributed by atoms with Crippen LogP contribution >= 0.6 is 0 Å². The molecule has 0 aliphatic rings. The Morgan fingerprint density at radius 3 is 2.26 bits per heavy atom. The summed E-state index contributed by atoms with van der Waals surface area (Å²) >= 11 is 0. The number of rotatable bonds is 2. The molecule has 7 nitrogen and oxygen atoms in total. The molecule has 0 radical (unpaired) electrons. The fourth-order valence-electron chi connectivity index (χ4n) is 1.74. The molecule has 23 heavy (non-hydrogen) atoms. The van der Waals surface area contributed by atoms with Crippen molar-refractivity contribution in [1.29, 1.82) is 5.26 Å². The van der Waals surface area contributed by atoms with Crippen LogP contribution in [0.4, 0.5) is 11.4 Å². The molecule has 2 aromatic rings. The van der Waals surface area contributed by atoms with Crippen LogP contribution in [0.1, 0.15) is 15.9 Å². The van der Waals surface area contributed by atoms with Crippen molar-refractivity contribution in [3.8, 4) is 6.07 Å². The summed E-state index contributed by atoms with van der Waals surface area (Å²) in [6.45, 7) is 0. The molecule has 7 heteroatoms. The Morgan fingerprint density at radius 1 is 0.957 bits per heavy atom. The molecule has 0 aliphatic carbocycles. The Hall–Kier alpha value is -3.66. The van der Waals surface area contributed by atoms with Crippen molar-refractivity contribution in [1.82, 2.24) is 5.32 Å². The minimum absolute atomic E-state index is 0.190. The Bertz CT molecular complexity index is 807. The van der Waals surface area contributed by atoms with Crippen molar-refractivity contribution in [2.45, 2.75) is 0 Å². The van der Waals surface area contributed by atoms with Gasteiger partial charge in [-0.2, -0.15) is 5.26 Å². The van der Waals surface area contributed by atoms with Crippen LogP contribution in [0.25, 0.3) is 0 Å². The van der Waals surface area contributed by atoms with Gasteiger partial charge in [-0.3, -0.25) is 19.7 Å². The molecule has 0 saturated heterocycles.